The molecule has 0 saturated heterocycles. The zero-order chi connectivity index (χ0) is 19.6. The quantitative estimate of drug-likeness (QED) is 0.723. The van der Waals surface area contributed by atoms with Crippen molar-refractivity contribution in [1.29, 1.82) is 0 Å². The SMILES string of the molecule is N[C@@H](CSCC(=O)N1c2ccccc2NC(=O)c2cc(F)ccc21)C(=O)O. The van der Waals surface area contributed by atoms with Gasteiger partial charge in [0.1, 0.15) is 11.9 Å². The number of amides is 2. The van der Waals surface area contributed by atoms with Crippen molar-refractivity contribution in [3.05, 3.63) is 53.8 Å². The van der Waals surface area contributed by atoms with Gasteiger partial charge in [-0.1, -0.05) is 12.1 Å². The smallest absolute Gasteiger partial charge is 0.321 e. The Bertz CT molecular complexity index is 921. The van der Waals surface area contributed by atoms with Crippen LogP contribution in [0.3, 0.4) is 0 Å². The lowest BCUT2D eigenvalue weighted by Gasteiger charge is -2.24. The van der Waals surface area contributed by atoms with Crippen LogP contribution in [0, 0.1) is 5.82 Å². The molecule has 0 aliphatic carbocycles. The second-order valence-electron chi connectivity index (χ2n) is 5.82. The molecule has 27 heavy (non-hydrogen) atoms. The van der Waals surface area contributed by atoms with E-state index in [4.69, 9.17) is 10.8 Å². The number of benzene rings is 2. The number of nitrogens with zero attached hydrogens (tertiary/aromatic N) is 1. The van der Waals surface area contributed by atoms with E-state index in [1.54, 1.807) is 24.3 Å². The Morgan fingerprint density at radius 2 is 1.96 bits per heavy atom. The number of carbonyl (C=O) groups excluding carboxylic acids is 2. The molecule has 9 heteroatoms. The van der Waals surface area contributed by atoms with Gasteiger partial charge in [-0.15, -0.1) is 11.8 Å². The number of carbonyl (C=O) groups is 3. The molecule has 0 bridgehead atoms. The van der Waals surface area contributed by atoms with E-state index >= 15 is 0 Å². The number of halogens is 1. The van der Waals surface area contributed by atoms with E-state index in [-0.39, 0.29) is 28.7 Å². The van der Waals surface area contributed by atoms with Gasteiger partial charge in [0.15, 0.2) is 0 Å². The van der Waals surface area contributed by atoms with E-state index in [0.29, 0.717) is 11.4 Å². The molecule has 2 amide bonds. The Morgan fingerprint density at radius 1 is 1.22 bits per heavy atom. The third-order valence-electron chi connectivity index (χ3n) is 3.93. The van der Waals surface area contributed by atoms with Crippen LogP contribution in [0.2, 0.25) is 0 Å². The molecule has 2 aromatic carbocycles. The van der Waals surface area contributed by atoms with Gasteiger partial charge in [0.2, 0.25) is 5.91 Å². The van der Waals surface area contributed by atoms with Crippen molar-refractivity contribution in [1.82, 2.24) is 0 Å². The number of carboxylic acids is 1. The van der Waals surface area contributed by atoms with Gasteiger partial charge in [0, 0.05) is 5.75 Å². The summed E-state index contributed by atoms with van der Waals surface area (Å²) in [6, 6.07) is 9.27. The summed E-state index contributed by atoms with van der Waals surface area (Å²) < 4.78 is 13.7. The highest BCUT2D eigenvalue weighted by atomic mass is 32.2. The lowest BCUT2D eigenvalue weighted by molar-refractivity contribution is -0.137. The van der Waals surface area contributed by atoms with Crippen molar-refractivity contribution in [3.63, 3.8) is 0 Å². The second kappa shape index (κ2) is 7.77. The fourth-order valence-corrected chi connectivity index (χ4v) is 3.47. The van der Waals surface area contributed by atoms with Crippen LogP contribution in [-0.2, 0) is 9.59 Å². The normalized spacial score (nSPS) is 13.9. The summed E-state index contributed by atoms with van der Waals surface area (Å²) in [5, 5.41) is 11.5. The van der Waals surface area contributed by atoms with Gasteiger partial charge in [0.25, 0.3) is 5.91 Å². The number of rotatable bonds is 5. The monoisotopic (exact) mass is 389 g/mol. The van der Waals surface area contributed by atoms with Crippen LogP contribution >= 0.6 is 11.8 Å². The van der Waals surface area contributed by atoms with Gasteiger partial charge in [-0.3, -0.25) is 19.3 Å². The maximum Gasteiger partial charge on any atom is 0.321 e. The number of anilines is 3. The molecular weight excluding hydrogens is 373 g/mol. The zero-order valence-electron chi connectivity index (χ0n) is 14.0. The molecule has 1 heterocycles. The highest BCUT2D eigenvalue weighted by Gasteiger charge is 2.29. The number of nitrogens with one attached hydrogen (secondary N) is 1. The molecule has 1 aliphatic heterocycles. The van der Waals surface area contributed by atoms with E-state index in [9.17, 15) is 18.8 Å². The maximum atomic E-state index is 13.7. The fourth-order valence-electron chi connectivity index (χ4n) is 2.66. The van der Waals surface area contributed by atoms with Crippen molar-refractivity contribution in [2.24, 2.45) is 5.73 Å². The Hall–Kier alpha value is -2.91. The predicted molar refractivity (Wildman–Crippen MR) is 101 cm³/mol. The van der Waals surface area contributed by atoms with E-state index in [1.807, 2.05) is 0 Å². The van der Waals surface area contributed by atoms with Crippen LogP contribution in [0.5, 0.6) is 0 Å². The van der Waals surface area contributed by atoms with Crippen LogP contribution in [0.15, 0.2) is 42.5 Å². The number of fused-ring (bicyclic) bond motifs is 2. The van der Waals surface area contributed by atoms with Gasteiger partial charge in [-0.05, 0) is 30.3 Å². The number of thioether (sulfide) groups is 1. The molecule has 2 aromatic rings. The highest BCUT2D eigenvalue weighted by molar-refractivity contribution is 8.00. The topological polar surface area (TPSA) is 113 Å². The molecule has 3 rings (SSSR count). The third kappa shape index (κ3) is 3.93. The summed E-state index contributed by atoms with van der Waals surface area (Å²) in [7, 11) is 0. The Labute approximate surface area is 158 Å². The van der Waals surface area contributed by atoms with E-state index in [1.165, 1.54) is 17.0 Å². The minimum Gasteiger partial charge on any atom is -0.480 e. The lowest BCUT2D eigenvalue weighted by Crippen LogP contribution is -2.34. The first-order chi connectivity index (χ1) is 12.9. The number of aliphatic carboxylic acids is 1. The maximum absolute atomic E-state index is 13.7. The van der Waals surface area contributed by atoms with Crippen LogP contribution in [0.4, 0.5) is 21.5 Å². The molecular formula is C18H16FN3O4S. The molecule has 0 radical (unpaired) electrons. The van der Waals surface area contributed by atoms with Crippen LogP contribution in [-0.4, -0.2) is 40.4 Å². The molecule has 1 atom stereocenters. The first-order valence-electron chi connectivity index (χ1n) is 7.97. The van der Waals surface area contributed by atoms with Gasteiger partial charge in [0.05, 0.1) is 28.4 Å². The Balaban J connectivity index is 1.95. The summed E-state index contributed by atoms with van der Waals surface area (Å²) in [6.07, 6.45) is 0. The first-order valence-corrected chi connectivity index (χ1v) is 9.13. The number of nitrogens with two attached hydrogens (primary N) is 1. The molecule has 0 unspecified atom stereocenters. The summed E-state index contributed by atoms with van der Waals surface area (Å²) in [5.41, 5.74) is 6.61. The summed E-state index contributed by atoms with van der Waals surface area (Å²) >= 11 is 1.08. The average Bonchev–Trinajstić information content (AvgIpc) is 2.75. The molecule has 140 valence electrons. The minimum absolute atomic E-state index is 0.0341. The Morgan fingerprint density at radius 3 is 2.70 bits per heavy atom. The van der Waals surface area contributed by atoms with Crippen molar-refractivity contribution >= 4 is 46.6 Å². The highest BCUT2D eigenvalue weighted by Crippen LogP contribution is 2.38. The summed E-state index contributed by atoms with van der Waals surface area (Å²) in [5.74, 6) is -2.64. The van der Waals surface area contributed by atoms with Crippen molar-refractivity contribution < 1.29 is 23.9 Å². The number of carboxylic acid groups (broad SMARTS) is 1. The van der Waals surface area contributed by atoms with E-state index < -0.39 is 23.7 Å². The van der Waals surface area contributed by atoms with Crippen LogP contribution < -0.4 is 16.0 Å². The fraction of sp³-hybridized carbons (Fsp3) is 0.167. The molecule has 0 saturated carbocycles. The summed E-state index contributed by atoms with van der Waals surface area (Å²) in [6.45, 7) is 0. The second-order valence-corrected chi connectivity index (χ2v) is 6.85. The Kier molecular flexibility index (Phi) is 5.43. The van der Waals surface area contributed by atoms with Crippen molar-refractivity contribution in [2.45, 2.75) is 6.04 Å². The number of para-hydroxylation sites is 2. The lowest BCUT2D eigenvalue weighted by atomic mass is 10.1. The van der Waals surface area contributed by atoms with Gasteiger partial charge >= 0.3 is 5.97 Å². The average molecular weight is 389 g/mol. The zero-order valence-corrected chi connectivity index (χ0v) is 14.8. The van der Waals surface area contributed by atoms with Crippen LogP contribution in [0.25, 0.3) is 0 Å². The molecule has 0 fully saturated rings. The standard InChI is InChI=1S/C18H16FN3O4S/c19-10-5-6-14-11(7-10)17(24)21-13-3-1-2-4-15(13)22(14)16(23)9-27-8-12(20)18(25)26/h1-7,12H,8-9,20H2,(H,21,24)(H,25,26)/t12-/m0/s1. The van der Waals surface area contributed by atoms with Gasteiger partial charge in [-0.2, -0.15) is 0 Å². The van der Waals surface area contributed by atoms with Crippen molar-refractivity contribution in [3.8, 4) is 0 Å². The first kappa shape index (κ1) is 18.9. The number of hydrogen-bond donors (Lipinski definition) is 3. The van der Waals surface area contributed by atoms with Gasteiger partial charge < -0.3 is 16.2 Å². The number of hydrogen-bond acceptors (Lipinski definition) is 5. The van der Waals surface area contributed by atoms with E-state index in [2.05, 4.69) is 5.32 Å². The molecule has 0 spiro atoms. The summed E-state index contributed by atoms with van der Waals surface area (Å²) in [4.78, 5) is 37.5. The molecule has 0 aromatic heterocycles. The van der Waals surface area contributed by atoms with Gasteiger partial charge in [-0.25, -0.2) is 4.39 Å². The molecule has 4 N–H and O–H groups in total. The molecule has 7 nitrogen and oxygen atoms in total. The minimum atomic E-state index is -1.15. The van der Waals surface area contributed by atoms with Crippen molar-refractivity contribution in [2.75, 3.05) is 21.7 Å². The van der Waals surface area contributed by atoms with Crippen LogP contribution in [0.1, 0.15) is 10.4 Å². The predicted octanol–water partition coefficient (Wildman–Crippen LogP) is 2.20. The molecule has 1 aliphatic rings. The third-order valence-corrected chi connectivity index (χ3v) is 4.97. The van der Waals surface area contributed by atoms with E-state index in [0.717, 1.165) is 17.8 Å². The largest absolute Gasteiger partial charge is 0.480 e.